The van der Waals surface area contributed by atoms with E-state index in [1.54, 1.807) is 11.3 Å². The molecule has 3 aromatic heterocycles. The predicted molar refractivity (Wildman–Crippen MR) is 102 cm³/mol. The van der Waals surface area contributed by atoms with Gasteiger partial charge in [0.1, 0.15) is 0 Å². The molecule has 1 fully saturated rings. The van der Waals surface area contributed by atoms with Crippen LogP contribution in [-0.4, -0.2) is 52.7 Å². The van der Waals surface area contributed by atoms with Crippen molar-refractivity contribution in [3.8, 4) is 10.7 Å². The number of piperazine rings is 1. The largest absolute Gasteiger partial charge is 0.339 e. The first kappa shape index (κ1) is 16.9. The molecule has 0 radical (unpaired) electrons. The Morgan fingerprint density at radius 1 is 1.00 bits per heavy atom. The number of thiophene rings is 2. The molecule has 0 unspecified atom stereocenters. The first-order valence-electron chi connectivity index (χ1n) is 8.70. The SMILES string of the molecule is c1csc(CN2CCN(CCCc3nc(-c4cccs4)no3)CC2)c1. The van der Waals surface area contributed by atoms with E-state index in [1.807, 2.05) is 28.8 Å². The molecule has 3 aromatic rings. The van der Waals surface area contributed by atoms with Gasteiger partial charge in [0, 0.05) is 44.0 Å². The van der Waals surface area contributed by atoms with Crippen LogP contribution in [0.1, 0.15) is 17.2 Å². The fourth-order valence-electron chi connectivity index (χ4n) is 3.11. The molecule has 1 saturated heterocycles. The van der Waals surface area contributed by atoms with Crippen LogP contribution in [0.2, 0.25) is 0 Å². The molecule has 25 heavy (non-hydrogen) atoms. The zero-order valence-corrected chi connectivity index (χ0v) is 15.8. The van der Waals surface area contributed by atoms with Gasteiger partial charge in [-0.2, -0.15) is 4.98 Å². The van der Waals surface area contributed by atoms with Gasteiger partial charge in [-0.15, -0.1) is 22.7 Å². The summed E-state index contributed by atoms with van der Waals surface area (Å²) in [5.74, 6) is 1.46. The van der Waals surface area contributed by atoms with Gasteiger partial charge in [-0.05, 0) is 35.9 Å². The summed E-state index contributed by atoms with van der Waals surface area (Å²) in [5, 5.41) is 8.27. The van der Waals surface area contributed by atoms with Crippen molar-refractivity contribution in [2.45, 2.75) is 19.4 Å². The van der Waals surface area contributed by atoms with Gasteiger partial charge in [-0.3, -0.25) is 4.90 Å². The molecule has 0 amide bonds. The maximum atomic E-state index is 5.37. The lowest BCUT2D eigenvalue weighted by atomic mass is 10.2. The Morgan fingerprint density at radius 3 is 2.56 bits per heavy atom. The van der Waals surface area contributed by atoms with Crippen molar-refractivity contribution in [3.05, 3.63) is 45.8 Å². The Labute approximate surface area is 155 Å². The Hall–Kier alpha value is -1.54. The van der Waals surface area contributed by atoms with Crippen molar-refractivity contribution >= 4 is 22.7 Å². The van der Waals surface area contributed by atoms with Crippen LogP contribution in [0, 0.1) is 0 Å². The van der Waals surface area contributed by atoms with E-state index in [1.165, 1.54) is 4.88 Å². The summed E-state index contributed by atoms with van der Waals surface area (Å²) in [6.45, 7) is 6.80. The van der Waals surface area contributed by atoms with Gasteiger partial charge in [0.25, 0.3) is 0 Å². The summed E-state index contributed by atoms with van der Waals surface area (Å²) >= 11 is 3.49. The molecule has 1 aliphatic heterocycles. The lowest BCUT2D eigenvalue weighted by Gasteiger charge is -2.34. The molecule has 0 aliphatic carbocycles. The number of hydrogen-bond acceptors (Lipinski definition) is 7. The van der Waals surface area contributed by atoms with Gasteiger partial charge < -0.3 is 9.42 Å². The molecule has 0 spiro atoms. The average Bonchev–Trinajstić information content (AvgIpc) is 3.39. The van der Waals surface area contributed by atoms with E-state index in [4.69, 9.17) is 4.52 Å². The highest BCUT2D eigenvalue weighted by atomic mass is 32.1. The second kappa shape index (κ2) is 8.23. The summed E-state index contributed by atoms with van der Waals surface area (Å²) in [6.07, 6.45) is 1.92. The maximum Gasteiger partial charge on any atom is 0.227 e. The molecule has 1 aliphatic rings. The summed E-state index contributed by atoms with van der Waals surface area (Å²) in [5.41, 5.74) is 0. The van der Waals surface area contributed by atoms with E-state index < -0.39 is 0 Å². The van der Waals surface area contributed by atoms with Crippen LogP contribution in [0.15, 0.2) is 39.5 Å². The molecule has 7 heteroatoms. The van der Waals surface area contributed by atoms with Gasteiger partial charge in [0.15, 0.2) is 0 Å². The Bertz CT molecular complexity index is 746. The van der Waals surface area contributed by atoms with Crippen LogP contribution in [0.4, 0.5) is 0 Å². The highest BCUT2D eigenvalue weighted by Crippen LogP contribution is 2.21. The zero-order valence-electron chi connectivity index (χ0n) is 14.1. The number of aromatic nitrogens is 2. The van der Waals surface area contributed by atoms with Crippen molar-refractivity contribution < 1.29 is 4.52 Å². The Kier molecular flexibility index (Phi) is 5.56. The van der Waals surface area contributed by atoms with Crippen molar-refractivity contribution in [1.82, 2.24) is 19.9 Å². The smallest absolute Gasteiger partial charge is 0.227 e. The highest BCUT2D eigenvalue weighted by Gasteiger charge is 2.17. The number of rotatable bonds is 7. The summed E-state index contributed by atoms with van der Waals surface area (Å²) in [4.78, 5) is 12.1. The van der Waals surface area contributed by atoms with Crippen molar-refractivity contribution in [2.24, 2.45) is 0 Å². The third kappa shape index (κ3) is 4.55. The summed E-state index contributed by atoms with van der Waals surface area (Å²) in [6, 6.07) is 8.40. The molecule has 0 N–H and O–H groups in total. The fraction of sp³-hybridized carbons (Fsp3) is 0.444. The predicted octanol–water partition coefficient (Wildman–Crippen LogP) is 3.61. The topological polar surface area (TPSA) is 45.4 Å². The lowest BCUT2D eigenvalue weighted by molar-refractivity contribution is 0.126. The van der Waals surface area contributed by atoms with E-state index >= 15 is 0 Å². The van der Waals surface area contributed by atoms with Crippen LogP contribution in [0.25, 0.3) is 10.7 Å². The third-order valence-electron chi connectivity index (χ3n) is 4.50. The zero-order chi connectivity index (χ0) is 16.9. The standard InChI is InChI=1S/C18H22N4OS2/c1(6-17-19-18(20-23-17)16-5-3-13-25-16)7-21-8-10-22(11-9-21)14-15-4-2-12-24-15/h2-5,12-13H,1,6-11,14H2. The summed E-state index contributed by atoms with van der Waals surface area (Å²) < 4.78 is 5.37. The van der Waals surface area contributed by atoms with Crippen molar-refractivity contribution in [3.63, 3.8) is 0 Å². The molecule has 0 bridgehead atoms. The normalized spacial score (nSPS) is 16.5. The van der Waals surface area contributed by atoms with Gasteiger partial charge >= 0.3 is 0 Å². The minimum Gasteiger partial charge on any atom is -0.339 e. The van der Waals surface area contributed by atoms with Crippen molar-refractivity contribution in [2.75, 3.05) is 32.7 Å². The maximum absolute atomic E-state index is 5.37. The lowest BCUT2D eigenvalue weighted by Crippen LogP contribution is -2.46. The van der Waals surface area contributed by atoms with E-state index in [0.29, 0.717) is 5.82 Å². The molecule has 132 valence electrons. The van der Waals surface area contributed by atoms with Crippen LogP contribution < -0.4 is 0 Å². The third-order valence-corrected chi connectivity index (χ3v) is 6.23. The molecule has 4 rings (SSSR count). The average molecular weight is 375 g/mol. The van der Waals surface area contributed by atoms with Crippen LogP contribution in [-0.2, 0) is 13.0 Å². The number of aryl methyl sites for hydroxylation is 1. The van der Waals surface area contributed by atoms with Gasteiger partial charge in [-0.25, -0.2) is 0 Å². The number of hydrogen-bond donors (Lipinski definition) is 0. The van der Waals surface area contributed by atoms with Gasteiger partial charge in [0.05, 0.1) is 4.88 Å². The summed E-state index contributed by atoms with van der Waals surface area (Å²) in [7, 11) is 0. The van der Waals surface area contributed by atoms with E-state index in [9.17, 15) is 0 Å². The number of nitrogens with zero attached hydrogens (tertiary/aromatic N) is 4. The minimum atomic E-state index is 0.715. The molecular weight excluding hydrogens is 352 g/mol. The van der Waals surface area contributed by atoms with Crippen molar-refractivity contribution in [1.29, 1.82) is 0 Å². The van der Waals surface area contributed by atoms with Crippen LogP contribution in [0.3, 0.4) is 0 Å². The van der Waals surface area contributed by atoms with Crippen LogP contribution in [0.5, 0.6) is 0 Å². The minimum absolute atomic E-state index is 0.715. The second-order valence-electron chi connectivity index (χ2n) is 6.29. The molecular formula is C18H22N4OS2. The van der Waals surface area contributed by atoms with E-state index in [2.05, 4.69) is 37.5 Å². The Balaban J connectivity index is 1.17. The molecule has 4 heterocycles. The molecule has 0 saturated carbocycles. The highest BCUT2D eigenvalue weighted by molar-refractivity contribution is 7.13. The Morgan fingerprint density at radius 2 is 1.80 bits per heavy atom. The first-order chi connectivity index (χ1) is 12.4. The molecule has 5 nitrogen and oxygen atoms in total. The van der Waals surface area contributed by atoms with Gasteiger partial charge in [-0.1, -0.05) is 17.3 Å². The second-order valence-corrected chi connectivity index (χ2v) is 8.27. The monoisotopic (exact) mass is 374 g/mol. The van der Waals surface area contributed by atoms with Gasteiger partial charge in [0.2, 0.25) is 11.7 Å². The molecule has 0 aromatic carbocycles. The molecule has 0 atom stereocenters. The quantitative estimate of drug-likeness (QED) is 0.632. The van der Waals surface area contributed by atoms with E-state index in [0.717, 1.165) is 62.9 Å². The van der Waals surface area contributed by atoms with E-state index in [-0.39, 0.29) is 0 Å². The fourth-order valence-corrected chi connectivity index (χ4v) is 4.51. The van der Waals surface area contributed by atoms with Crippen LogP contribution >= 0.6 is 22.7 Å². The first-order valence-corrected chi connectivity index (χ1v) is 10.5.